The fraction of sp³-hybridized carbons (Fsp3) is 0.400. The van der Waals surface area contributed by atoms with Gasteiger partial charge in [0.15, 0.2) is 0 Å². The minimum Gasteiger partial charge on any atom is -0.481 e. The number of halogens is 1. The Hall–Kier alpha value is -2.31. The Morgan fingerprint density at radius 3 is 2.59 bits per heavy atom. The topological polar surface area (TPSA) is 74.7 Å². The molecular formula is C25H30ClNO4S. The lowest BCUT2D eigenvalue weighted by Crippen LogP contribution is -2.26. The lowest BCUT2D eigenvalue weighted by Gasteiger charge is -2.28. The summed E-state index contributed by atoms with van der Waals surface area (Å²) in [4.78, 5) is 11.0. The maximum atomic E-state index is 13.5. The van der Waals surface area contributed by atoms with Crippen molar-refractivity contribution in [3.8, 4) is 0 Å². The van der Waals surface area contributed by atoms with E-state index in [1.807, 2.05) is 36.4 Å². The number of hydrogen-bond acceptors (Lipinski definition) is 3. The average Bonchev–Trinajstić information content (AvgIpc) is 2.82. The van der Waals surface area contributed by atoms with Crippen molar-refractivity contribution < 1.29 is 18.3 Å². The molecule has 0 saturated heterocycles. The van der Waals surface area contributed by atoms with E-state index in [0.717, 1.165) is 43.2 Å². The zero-order valence-electron chi connectivity index (χ0n) is 18.3. The van der Waals surface area contributed by atoms with Gasteiger partial charge in [-0.2, -0.15) is 0 Å². The van der Waals surface area contributed by atoms with Crippen molar-refractivity contribution in [2.75, 3.05) is 11.4 Å². The third-order valence-electron chi connectivity index (χ3n) is 6.22. The van der Waals surface area contributed by atoms with Gasteiger partial charge in [-0.15, -0.1) is 6.58 Å². The number of carboxylic acids is 1. The van der Waals surface area contributed by atoms with Gasteiger partial charge in [-0.05, 0) is 54.5 Å². The zero-order valence-corrected chi connectivity index (χ0v) is 19.9. The van der Waals surface area contributed by atoms with Crippen LogP contribution in [-0.2, 0) is 14.8 Å². The number of hydrogen-bond donors (Lipinski definition) is 1. The molecule has 32 heavy (non-hydrogen) atoms. The molecule has 1 aliphatic rings. The molecule has 5 nitrogen and oxygen atoms in total. The van der Waals surface area contributed by atoms with Crippen LogP contribution in [0.2, 0.25) is 5.02 Å². The highest BCUT2D eigenvalue weighted by Gasteiger charge is 2.37. The molecule has 2 atom stereocenters. The molecule has 1 aliphatic heterocycles. The standard InChI is InChI=1S/C25H30ClNO4S/c1-3-10-18(11-6-4-5-7-14-24(28)29)25-20-12-8-9-13-22(20)27(2)32(30,31)23-17-19(26)15-16-21(23)25/h3,8-9,12-13,15-18,25H,1,4-7,10-11,14H2,2H3,(H,28,29). The Bertz CT molecular complexity index is 1080. The van der Waals surface area contributed by atoms with E-state index in [4.69, 9.17) is 16.7 Å². The molecule has 0 spiro atoms. The normalized spacial score (nSPS) is 17.7. The zero-order chi connectivity index (χ0) is 23.3. The average molecular weight is 476 g/mol. The summed E-state index contributed by atoms with van der Waals surface area (Å²) in [6.07, 6.45) is 7.18. The molecule has 1 N–H and O–H groups in total. The van der Waals surface area contributed by atoms with Crippen LogP contribution in [0.4, 0.5) is 5.69 Å². The second-order valence-electron chi connectivity index (χ2n) is 8.32. The second-order valence-corrected chi connectivity index (χ2v) is 10.7. The quantitative estimate of drug-likeness (QED) is 0.326. The molecule has 3 rings (SSSR count). The van der Waals surface area contributed by atoms with E-state index in [1.54, 1.807) is 19.2 Å². The summed E-state index contributed by atoms with van der Waals surface area (Å²) >= 11 is 6.22. The van der Waals surface area contributed by atoms with E-state index in [0.29, 0.717) is 17.1 Å². The molecule has 2 aromatic carbocycles. The van der Waals surface area contributed by atoms with Crippen LogP contribution >= 0.6 is 11.6 Å². The summed E-state index contributed by atoms with van der Waals surface area (Å²) in [5.74, 6) is -0.713. The van der Waals surface area contributed by atoms with Crippen LogP contribution in [0, 0.1) is 5.92 Å². The van der Waals surface area contributed by atoms with Gasteiger partial charge in [0.2, 0.25) is 0 Å². The van der Waals surface area contributed by atoms with Crippen molar-refractivity contribution in [3.63, 3.8) is 0 Å². The number of nitrogens with zero attached hydrogens (tertiary/aromatic N) is 1. The van der Waals surface area contributed by atoms with Crippen molar-refractivity contribution in [2.45, 2.75) is 55.8 Å². The third-order valence-corrected chi connectivity index (χ3v) is 8.28. The van der Waals surface area contributed by atoms with Crippen LogP contribution < -0.4 is 4.31 Å². The van der Waals surface area contributed by atoms with Gasteiger partial charge in [-0.1, -0.05) is 61.2 Å². The minimum absolute atomic E-state index is 0.116. The molecule has 0 amide bonds. The summed E-state index contributed by atoms with van der Waals surface area (Å²) in [6.45, 7) is 3.95. The first-order valence-electron chi connectivity index (χ1n) is 11.0. The van der Waals surface area contributed by atoms with Gasteiger partial charge in [0.25, 0.3) is 10.0 Å². The summed E-state index contributed by atoms with van der Waals surface area (Å²) in [5, 5.41) is 9.21. The number of carboxylic acid groups (broad SMARTS) is 1. The van der Waals surface area contributed by atoms with Gasteiger partial charge in [0.05, 0.1) is 10.6 Å². The maximum Gasteiger partial charge on any atom is 0.303 e. The number of sulfonamides is 1. The van der Waals surface area contributed by atoms with E-state index >= 15 is 0 Å². The SMILES string of the molecule is C=CCC(CCCCCCC(=O)O)C1c2ccccc2N(C)S(=O)(=O)c2cc(Cl)ccc21. The number of rotatable bonds is 10. The lowest BCUT2D eigenvalue weighted by atomic mass is 9.76. The van der Waals surface area contributed by atoms with Gasteiger partial charge in [-0.3, -0.25) is 9.10 Å². The molecule has 0 bridgehead atoms. The van der Waals surface area contributed by atoms with Gasteiger partial charge >= 0.3 is 5.97 Å². The van der Waals surface area contributed by atoms with Crippen LogP contribution in [0.3, 0.4) is 0 Å². The molecule has 2 aromatic rings. The Labute approximate surface area is 195 Å². The lowest BCUT2D eigenvalue weighted by molar-refractivity contribution is -0.137. The molecule has 0 fully saturated rings. The largest absolute Gasteiger partial charge is 0.481 e. The smallest absolute Gasteiger partial charge is 0.303 e. The van der Waals surface area contributed by atoms with Gasteiger partial charge < -0.3 is 5.11 Å². The van der Waals surface area contributed by atoms with E-state index in [1.165, 1.54) is 4.31 Å². The van der Waals surface area contributed by atoms with E-state index in [9.17, 15) is 13.2 Å². The van der Waals surface area contributed by atoms with Crippen molar-refractivity contribution in [1.82, 2.24) is 0 Å². The highest BCUT2D eigenvalue weighted by Crippen LogP contribution is 2.47. The Morgan fingerprint density at radius 2 is 1.88 bits per heavy atom. The molecular weight excluding hydrogens is 446 g/mol. The highest BCUT2D eigenvalue weighted by molar-refractivity contribution is 7.92. The van der Waals surface area contributed by atoms with Crippen molar-refractivity contribution in [2.24, 2.45) is 5.92 Å². The molecule has 0 aliphatic carbocycles. The van der Waals surface area contributed by atoms with Crippen molar-refractivity contribution in [3.05, 3.63) is 71.3 Å². The number of unbranched alkanes of at least 4 members (excludes halogenated alkanes) is 3. The molecule has 7 heteroatoms. The van der Waals surface area contributed by atoms with Crippen LogP contribution in [-0.4, -0.2) is 26.5 Å². The number of allylic oxidation sites excluding steroid dienone is 1. The molecule has 0 radical (unpaired) electrons. The molecule has 1 heterocycles. The number of carbonyl (C=O) groups is 1. The van der Waals surface area contributed by atoms with Crippen molar-refractivity contribution >= 4 is 33.3 Å². The number of benzene rings is 2. The van der Waals surface area contributed by atoms with Crippen LogP contribution in [0.15, 0.2) is 60.0 Å². The fourth-order valence-electron chi connectivity index (χ4n) is 4.65. The van der Waals surface area contributed by atoms with Gasteiger partial charge in [-0.25, -0.2) is 8.42 Å². The van der Waals surface area contributed by atoms with Gasteiger partial charge in [0.1, 0.15) is 0 Å². The number of fused-ring (bicyclic) bond motifs is 2. The summed E-state index contributed by atoms with van der Waals surface area (Å²) in [7, 11) is -2.16. The van der Waals surface area contributed by atoms with Crippen LogP contribution in [0.25, 0.3) is 0 Å². The highest BCUT2D eigenvalue weighted by atomic mass is 35.5. The third kappa shape index (κ3) is 5.18. The van der Waals surface area contributed by atoms with E-state index in [2.05, 4.69) is 6.58 Å². The predicted octanol–water partition coefficient (Wildman–Crippen LogP) is 6.23. The fourth-order valence-corrected chi connectivity index (χ4v) is 6.38. The first-order chi connectivity index (χ1) is 15.3. The Kier molecular flexibility index (Phi) is 8.01. The Morgan fingerprint density at radius 1 is 1.16 bits per heavy atom. The van der Waals surface area contributed by atoms with Crippen LogP contribution in [0.5, 0.6) is 0 Å². The van der Waals surface area contributed by atoms with Gasteiger partial charge in [0, 0.05) is 24.4 Å². The molecule has 0 saturated carbocycles. The first kappa shape index (κ1) is 24.3. The number of aliphatic carboxylic acids is 1. The summed E-state index contributed by atoms with van der Waals surface area (Å²) < 4.78 is 28.3. The molecule has 2 unspecified atom stereocenters. The number of para-hydroxylation sites is 1. The number of anilines is 1. The van der Waals surface area contributed by atoms with Crippen LogP contribution in [0.1, 0.15) is 62.0 Å². The van der Waals surface area contributed by atoms with E-state index < -0.39 is 16.0 Å². The molecule has 172 valence electrons. The summed E-state index contributed by atoms with van der Waals surface area (Å²) in [6, 6.07) is 12.8. The Balaban J connectivity index is 2.00. The monoisotopic (exact) mass is 475 g/mol. The minimum atomic E-state index is -3.75. The summed E-state index contributed by atoms with van der Waals surface area (Å²) in [5.41, 5.74) is 2.43. The predicted molar refractivity (Wildman–Crippen MR) is 129 cm³/mol. The van der Waals surface area contributed by atoms with Crippen molar-refractivity contribution in [1.29, 1.82) is 0 Å². The second kappa shape index (κ2) is 10.5. The van der Waals surface area contributed by atoms with E-state index in [-0.39, 0.29) is 23.2 Å². The molecule has 0 aromatic heterocycles. The maximum absolute atomic E-state index is 13.5. The first-order valence-corrected chi connectivity index (χ1v) is 12.8.